The molecule has 1 saturated carbocycles. The molecule has 0 saturated heterocycles. The molecular formula is C29H42O. The molecule has 1 heteroatoms. The van der Waals surface area contributed by atoms with Crippen LogP contribution in [0.5, 0.6) is 5.75 Å². The van der Waals surface area contributed by atoms with Crippen molar-refractivity contribution in [3.63, 3.8) is 0 Å². The smallest absolute Gasteiger partial charge is 0.119 e. The van der Waals surface area contributed by atoms with Crippen molar-refractivity contribution in [1.29, 1.82) is 0 Å². The second-order valence-corrected chi connectivity index (χ2v) is 9.27. The molecule has 0 bridgehead atoms. The second-order valence-electron chi connectivity index (χ2n) is 9.27. The summed E-state index contributed by atoms with van der Waals surface area (Å²) in [6.45, 7) is 5.30. The van der Waals surface area contributed by atoms with Crippen LogP contribution in [0.25, 0.3) is 11.1 Å². The molecule has 2 aromatic carbocycles. The maximum Gasteiger partial charge on any atom is 0.119 e. The van der Waals surface area contributed by atoms with E-state index in [0.717, 1.165) is 30.6 Å². The van der Waals surface area contributed by atoms with Gasteiger partial charge in [-0.25, -0.2) is 0 Å². The van der Waals surface area contributed by atoms with E-state index in [4.69, 9.17) is 4.74 Å². The van der Waals surface area contributed by atoms with E-state index in [-0.39, 0.29) is 0 Å². The van der Waals surface area contributed by atoms with E-state index in [1.54, 1.807) is 5.56 Å². The van der Waals surface area contributed by atoms with E-state index in [2.05, 4.69) is 62.4 Å². The summed E-state index contributed by atoms with van der Waals surface area (Å²) < 4.78 is 5.79. The highest BCUT2D eigenvalue weighted by atomic mass is 16.5. The number of unbranched alkanes of at least 4 members (excludes halogenated alkanes) is 5. The van der Waals surface area contributed by atoms with Crippen LogP contribution in [0.1, 0.15) is 102 Å². The van der Waals surface area contributed by atoms with Gasteiger partial charge < -0.3 is 4.74 Å². The summed E-state index contributed by atoms with van der Waals surface area (Å²) in [7, 11) is 0. The molecular weight excluding hydrogens is 364 g/mol. The third-order valence-electron chi connectivity index (χ3n) is 6.90. The van der Waals surface area contributed by atoms with E-state index in [1.807, 2.05) is 0 Å². The predicted molar refractivity (Wildman–Crippen MR) is 130 cm³/mol. The minimum absolute atomic E-state index is 0.768. The first kappa shape index (κ1) is 22.9. The number of hydrogen-bond acceptors (Lipinski definition) is 1. The lowest BCUT2D eigenvalue weighted by atomic mass is 9.77. The lowest BCUT2D eigenvalue weighted by molar-refractivity contribution is 0.302. The zero-order valence-electron chi connectivity index (χ0n) is 19.4. The van der Waals surface area contributed by atoms with Gasteiger partial charge in [-0.1, -0.05) is 95.2 Å². The third-order valence-corrected chi connectivity index (χ3v) is 6.90. The van der Waals surface area contributed by atoms with E-state index in [0.29, 0.717) is 0 Å². The van der Waals surface area contributed by atoms with Gasteiger partial charge in [-0.05, 0) is 72.8 Å². The fourth-order valence-corrected chi connectivity index (χ4v) is 4.85. The van der Waals surface area contributed by atoms with Crippen molar-refractivity contribution in [1.82, 2.24) is 0 Å². The zero-order chi connectivity index (χ0) is 21.0. The molecule has 2 aromatic rings. The van der Waals surface area contributed by atoms with Crippen LogP contribution in [-0.4, -0.2) is 6.61 Å². The van der Waals surface area contributed by atoms with Gasteiger partial charge in [0.05, 0.1) is 6.61 Å². The number of hydrogen-bond donors (Lipinski definition) is 0. The first-order valence-corrected chi connectivity index (χ1v) is 12.6. The first-order valence-electron chi connectivity index (χ1n) is 12.6. The van der Waals surface area contributed by atoms with Crippen molar-refractivity contribution in [2.75, 3.05) is 6.61 Å². The monoisotopic (exact) mass is 406 g/mol. The Hall–Kier alpha value is -1.76. The Bertz CT molecular complexity index is 692. The summed E-state index contributed by atoms with van der Waals surface area (Å²) in [5.74, 6) is 2.73. The van der Waals surface area contributed by atoms with Gasteiger partial charge in [-0.3, -0.25) is 0 Å². The lowest BCUT2D eigenvalue weighted by Gasteiger charge is -2.29. The van der Waals surface area contributed by atoms with Crippen LogP contribution in [0.2, 0.25) is 0 Å². The lowest BCUT2D eigenvalue weighted by Crippen LogP contribution is -2.13. The maximum absolute atomic E-state index is 5.79. The molecule has 3 rings (SSSR count). The normalized spacial score (nSPS) is 19.0. The van der Waals surface area contributed by atoms with Gasteiger partial charge in [0.25, 0.3) is 0 Å². The van der Waals surface area contributed by atoms with Gasteiger partial charge in [0.15, 0.2) is 0 Å². The Morgan fingerprint density at radius 2 is 1.27 bits per heavy atom. The Morgan fingerprint density at radius 3 is 1.90 bits per heavy atom. The molecule has 0 heterocycles. The van der Waals surface area contributed by atoms with Crippen LogP contribution in [0.15, 0.2) is 48.5 Å². The van der Waals surface area contributed by atoms with Gasteiger partial charge >= 0.3 is 0 Å². The summed E-state index contributed by atoms with van der Waals surface area (Å²) in [6.07, 6.45) is 16.5. The van der Waals surface area contributed by atoms with Gasteiger partial charge in [-0.2, -0.15) is 0 Å². The van der Waals surface area contributed by atoms with E-state index >= 15 is 0 Å². The molecule has 0 radical (unpaired) electrons. The quantitative estimate of drug-likeness (QED) is 0.319. The Balaban J connectivity index is 1.44. The van der Waals surface area contributed by atoms with E-state index in [9.17, 15) is 0 Å². The minimum Gasteiger partial charge on any atom is -0.494 e. The fourth-order valence-electron chi connectivity index (χ4n) is 4.85. The van der Waals surface area contributed by atoms with Crippen molar-refractivity contribution in [3.8, 4) is 16.9 Å². The van der Waals surface area contributed by atoms with Crippen LogP contribution < -0.4 is 4.74 Å². The Labute approximate surface area is 185 Å². The number of rotatable bonds is 12. The molecule has 1 nitrogen and oxygen atoms in total. The molecule has 0 N–H and O–H groups in total. The zero-order valence-corrected chi connectivity index (χ0v) is 19.4. The highest BCUT2D eigenvalue weighted by Gasteiger charge is 2.22. The Kier molecular flexibility index (Phi) is 9.80. The molecule has 0 unspecified atom stereocenters. The van der Waals surface area contributed by atoms with Crippen LogP contribution in [0.4, 0.5) is 0 Å². The second kappa shape index (κ2) is 12.8. The standard InChI is InChI=1S/C29H42O/c1-3-5-7-8-9-10-24-11-13-25(14-12-24)26-15-17-27(18-16-26)28-19-21-29(22-20-28)30-23-6-4-2/h15-22,24-25H,3-14,23H2,1-2H3. The highest BCUT2D eigenvalue weighted by Crippen LogP contribution is 2.38. The summed E-state index contributed by atoms with van der Waals surface area (Å²) >= 11 is 0. The van der Waals surface area contributed by atoms with Crippen LogP contribution in [-0.2, 0) is 0 Å². The molecule has 1 aliphatic rings. The van der Waals surface area contributed by atoms with Crippen molar-refractivity contribution in [2.24, 2.45) is 5.92 Å². The average molecular weight is 407 g/mol. The fraction of sp³-hybridized carbons (Fsp3) is 0.586. The summed E-state index contributed by atoms with van der Waals surface area (Å²) in [5.41, 5.74) is 4.12. The molecule has 0 aromatic heterocycles. The van der Waals surface area contributed by atoms with E-state index in [1.165, 1.54) is 81.8 Å². The summed E-state index contributed by atoms with van der Waals surface area (Å²) in [5, 5.41) is 0. The predicted octanol–water partition coefficient (Wildman–Crippen LogP) is 9.17. The van der Waals surface area contributed by atoms with Crippen LogP contribution in [0, 0.1) is 5.92 Å². The van der Waals surface area contributed by atoms with Crippen LogP contribution >= 0.6 is 0 Å². The molecule has 164 valence electrons. The molecule has 1 fully saturated rings. The number of ether oxygens (including phenoxy) is 1. The largest absolute Gasteiger partial charge is 0.494 e. The van der Waals surface area contributed by atoms with Crippen molar-refractivity contribution in [3.05, 3.63) is 54.1 Å². The highest BCUT2D eigenvalue weighted by molar-refractivity contribution is 5.64. The summed E-state index contributed by atoms with van der Waals surface area (Å²) in [6, 6.07) is 17.9. The van der Waals surface area contributed by atoms with Gasteiger partial charge in [0.1, 0.15) is 5.75 Å². The van der Waals surface area contributed by atoms with Gasteiger partial charge in [-0.15, -0.1) is 0 Å². The number of benzene rings is 2. The van der Waals surface area contributed by atoms with Crippen molar-refractivity contribution >= 4 is 0 Å². The first-order chi connectivity index (χ1) is 14.8. The third kappa shape index (κ3) is 7.18. The SMILES string of the molecule is CCCCCCCC1CCC(c2ccc(-c3ccc(OCCCC)cc3)cc2)CC1. The topological polar surface area (TPSA) is 9.23 Å². The summed E-state index contributed by atoms with van der Waals surface area (Å²) in [4.78, 5) is 0. The molecule has 30 heavy (non-hydrogen) atoms. The molecule has 0 amide bonds. The molecule has 0 atom stereocenters. The van der Waals surface area contributed by atoms with Gasteiger partial charge in [0.2, 0.25) is 0 Å². The van der Waals surface area contributed by atoms with Gasteiger partial charge in [0, 0.05) is 0 Å². The maximum atomic E-state index is 5.79. The minimum atomic E-state index is 0.768. The molecule has 1 aliphatic carbocycles. The van der Waals surface area contributed by atoms with Crippen molar-refractivity contribution < 1.29 is 4.74 Å². The van der Waals surface area contributed by atoms with E-state index < -0.39 is 0 Å². The average Bonchev–Trinajstić information content (AvgIpc) is 2.80. The van der Waals surface area contributed by atoms with Crippen molar-refractivity contribution in [2.45, 2.75) is 96.8 Å². The Morgan fingerprint density at radius 1 is 0.667 bits per heavy atom. The van der Waals surface area contributed by atoms with Crippen LogP contribution in [0.3, 0.4) is 0 Å². The molecule has 0 aliphatic heterocycles. The molecule has 0 spiro atoms.